The van der Waals surface area contributed by atoms with Crippen LogP contribution in [0.4, 0.5) is 5.95 Å². The molecule has 0 aliphatic carbocycles. The maximum absolute atomic E-state index is 11.8. The summed E-state index contributed by atoms with van der Waals surface area (Å²) in [5, 5.41) is 19.3. The maximum Gasteiger partial charge on any atom is 0.280 e. The molecule has 1 aliphatic rings. The summed E-state index contributed by atoms with van der Waals surface area (Å²) >= 11 is 0. The topological polar surface area (TPSA) is 180 Å². The van der Waals surface area contributed by atoms with Crippen LogP contribution < -0.4 is 11.3 Å². The highest BCUT2D eigenvalue weighted by molar-refractivity contribution is 5.70. The second-order valence-corrected chi connectivity index (χ2v) is 4.71. The maximum atomic E-state index is 11.8. The van der Waals surface area contributed by atoms with Crippen molar-refractivity contribution in [3.8, 4) is 0 Å². The fourth-order valence-electron chi connectivity index (χ4n) is 2.48. The summed E-state index contributed by atoms with van der Waals surface area (Å²) in [6.07, 6.45) is -1.96. The van der Waals surface area contributed by atoms with Gasteiger partial charge in [-0.05, 0) is 0 Å². The van der Waals surface area contributed by atoms with Crippen molar-refractivity contribution in [1.82, 2.24) is 19.5 Å². The molecule has 0 aromatic carbocycles. The fraction of sp³-hybridized carbons (Fsp3) is 0.545. The second-order valence-electron chi connectivity index (χ2n) is 4.71. The summed E-state index contributed by atoms with van der Waals surface area (Å²) in [5.74, 6) is -0.0551. The van der Waals surface area contributed by atoms with E-state index in [0.29, 0.717) is 0 Å². The van der Waals surface area contributed by atoms with Crippen molar-refractivity contribution < 1.29 is 25.2 Å². The third kappa shape index (κ3) is 2.34. The predicted octanol–water partition coefficient (Wildman–Crippen LogP) is -2.86. The number of aromatic amines is 1. The summed E-state index contributed by atoms with van der Waals surface area (Å²) in [5.41, 5.74) is 5.38. The Morgan fingerprint density at radius 1 is 1.59 bits per heavy atom. The van der Waals surface area contributed by atoms with Crippen LogP contribution in [-0.2, 0) is 9.47 Å². The van der Waals surface area contributed by atoms with Gasteiger partial charge >= 0.3 is 0 Å². The first-order valence-corrected chi connectivity index (χ1v) is 6.26. The highest BCUT2D eigenvalue weighted by atomic mass is 16.6. The average molecular weight is 315 g/mol. The smallest absolute Gasteiger partial charge is 0.280 e. The first kappa shape index (κ1) is 16.3. The van der Waals surface area contributed by atoms with Crippen molar-refractivity contribution in [1.29, 1.82) is 0 Å². The number of methoxy groups -OCH3 is 1. The second kappa shape index (κ2) is 5.98. The van der Waals surface area contributed by atoms with Crippen LogP contribution in [0.5, 0.6) is 0 Å². The number of nitrogens with two attached hydrogens (primary N) is 1. The first-order chi connectivity index (χ1) is 10.1. The summed E-state index contributed by atoms with van der Waals surface area (Å²) in [6, 6.07) is 0. The summed E-state index contributed by atoms with van der Waals surface area (Å²) in [4.78, 5) is 22.1. The molecule has 0 radical (unpaired) electrons. The van der Waals surface area contributed by atoms with Crippen molar-refractivity contribution in [2.75, 3.05) is 19.5 Å². The number of H-pyrrole nitrogens is 1. The van der Waals surface area contributed by atoms with E-state index in [4.69, 9.17) is 15.2 Å². The molecule has 2 aromatic heterocycles. The predicted molar refractivity (Wildman–Crippen MR) is 74.0 cm³/mol. The summed E-state index contributed by atoms with van der Waals surface area (Å²) < 4.78 is 12.2. The van der Waals surface area contributed by atoms with Crippen molar-refractivity contribution >= 4 is 17.1 Å². The van der Waals surface area contributed by atoms with E-state index < -0.39 is 30.1 Å². The Morgan fingerprint density at radius 3 is 2.95 bits per heavy atom. The molecule has 122 valence electrons. The van der Waals surface area contributed by atoms with Gasteiger partial charge in [0.05, 0.1) is 12.9 Å². The molecule has 1 saturated heterocycles. The number of imidazole rings is 1. The third-order valence-electron chi connectivity index (χ3n) is 3.49. The van der Waals surface area contributed by atoms with Crippen molar-refractivity contribution in [3.05, 3.63) is 16.7 Å². The highest BCUT2D eigenvalue weighted by Crippen LogP contribution is 2.32. The molecule has 0 saturated carbocycles. The standard InChI is InChI=1S/C11H15N5O5.H2O/c1-20-7-6(18)4(2-17)21-10(7)16-3-13-5-8(16)14-11(12)15-9(5)19;/h3-4,6-7,10,17-18H,2H2,1H3,(H3,12,14,15,19);1H2/t4-,6-,7-,10-;/m1./s1. The zero-order chi connectivity index (χ0) is 15.1. The molecule has 1 aliphatic heterocycles. The van der Waals surface area contributed by atoms with Crippen molar-refractivity contribution in [3.63, 3.8) is 0 Å². The van der Waals surface area contributed by atoms with Gasteiger partial charge in [0.1, 0.15) is 18.3 Å². The van der Waals surface area contributed by atoms with Gasteiger partial charge in [-0.3, -0.25) is 14.3 Å². The minimum Gasteiger partial charge on any atom is -0.412 e. The van der Waals surface area contributed by atoms with Gasteiger partial charge in [-0.25, -0.2) is 4.98 Å². The fourth-order valence-corrected chi connectivity index (χ4v) is 2.48. The number of aliphatic hydroxyl groups is 2. The molecule has 0 bridgehead atoms. The molecule has 0 unspecified atom stereocenters. The molecule has 7 N–H and O–H groups in total. The average Bonchev–Trinajstić information content (AvgIpc) is 2.99. The quantitative estimate of drug-likeness (QED) is 0.466. The lowest BCUT2D eigenvalue weighted by Crippen LogP contribution is -2.34. The Labute approximate surface area is 123 Å². The van der Waals surface area contributed by atoms with E-state index in [-0.39, 0.29) is 29.2 Å². The Bertz CT molecular complexity index is 715. The molecule has 3 rings (SSSR count). The number of rotatable bonds is 3. The zero-order valence-corrected chi connectivity index (χ0v) is 11.6. The van der Waals surface area contributed by atoms with E-state index in [0.717, 1.165) is 0 Å². The Morgan fingerprint density at radius 2 is 2.32 bits per heavy atom. The monoisotopic (exact) mass is 315 g/mol. The summed E-state index contributed by atoms with van der Waals surface area (Å²) in [7, 11) is 1.41. The van der Waals surface area contributed by atoms with Gasteiger partial charge in [-0.1, -0.05) is 0 Å². The van der Waals surface area contributed by atoms with Crippen LogP contribution in [0, 0.1) is 0 Å². The number of aliphatic hydroxyl groups excluding tert-OH is 2. The SMILES string of the molecule is CO[C@@H]1[C@H](O)[C@@H](CO)O[C@H]1n1cnc2c(=O)[nH]c(N)nc21.O. The minimum absolute atomic E-state index is 0. The number of fused-ring (bicyclic) bond motifs is 1. The van der Waals surface area contributed by atoms with Crippen LogP contribution in [0.25, 0.3) is 11.2 Å². The number of nitrogens with zero attached hydrogens (tertiary/aromatic N) is 3. The lowest BCUT2D eigenvalue weighted by atomic mass is 10.1. The number of ether oxygens (including phenoxy) is 2. The highest BCUT2D eigenvalue weighted by Gasteiger charge is 2.45. The van der Waals surface area contributed by atoms with E-state index >= 15 is 0 Å². The number of nitrogen functional groups attached to an aromatic ring is 1. The van der Waals surface area contributed by atoms with Gasteiger partial charge < -0.3 is 30.9 Å². The van der Waals surface area contributed by atoms with Gasteiger partial charge in [0.15, 0.2) is 17.4 Å². The van der Waals surface area contributed by atoms with Gasteiger partial charge in [-0.2, -0.15) is 4.98 Å². The number of hydrogen-bond donors (Lipinski definition) is 4. The van der Waals surface area contributed by atoms with Crippen LogP contribution in [0.2, 0.25) is 0 Å². The molecule has 4 atom stereocenters. The van der Waals surface area contributed by atoms with Crippen LogP contribution in [0.15, 0.2) is 11.1 Å². The number of anilines is 1. The van der Waals surface area contributed by atoms with E-state index in [9.17, 15) is 15.0 Å². The van der Waals surface area contributed by atoms with Crippen LogP contribution in [-0.4, -0.2) is 67.2 Å². The van der Waals surface area contributed by atoms with E-state index in [1.54, 1.807) is 0 Å². The molecule has 0 amide bonds. The first-order valence-electron chi connectivity index (χ1n) is 6.26. The molecule has 22 heavy (non-hydrogen) atoms. The van der Waals surface area contributed by atoms with Crippen molar-refractivity contribution in [2.24, 2.45) is 0 Å². The number of hydrogen-bond acceptors (Lipinski definition) is 8. The number of aromatic nitrogens is 4. The zero-order valence-electron chi connectivity index (χ0n) is 11.6. The molecule has 11 nitrogen and oxygen atoms in total. The Balaban J connectivity index is 0.00000176. The van der Waals surface area contributed by atoms with Gasteiger partial charge in [0.25, 0.3) is 5.56 Å². The molecular formula is C11H17N5O6. The summed E-state index contributed by atoms with van der Waals surface area (Å²) in [6.45, 7) is -0.361. The van der Waals surface area contributed by atoms with Gasteiger partial charge in [0.2, 0.25) is 5.95 Å². The largest absolute Gasteiger partial charge is 0.412 e. The van der Waals surface area contributed by atoms with Crippen LogP contribution in [0.1, 0.15) is 6.23 Å². The van der Waals surface area contributed by atoms with E-state index in [2.05, 4.69) is 15.0 Å². The van der Waals surface area contributed by atoms with Crippen LogP contribution in [0.3, 0.4) is 0 Å². The molecule has 11 heteroatoms. The van der Waals surface area contributed by atoms with E-state index in [1.807, 2.05) is 0 Å². The number of nitrogens with one attached hydrogen (secondary N) is 1. The Kier molecular flexibility index (Phi) is 4.44. The third-order valence-corrected chi connectivity index (χ3v) is 3.49. The van der Waals surface area contributed by atoms with Crippen LogP contribution >= 0.6 is 0 Å². The lowest BCUT2D eigenvalue weighted by Gasteiger charge is -2.19. The van der Waals surface area contributed by atoms with Crippen molar-refractivity contribution in [2.45, 2.75) is 24.5 Å². The van der Waals surface area contributed by atoms with E-state index in [1.165, 1.54) is 18.0 Å². The Hall–Kier alpha value is -2.05. The normalized spacial score (nSPS) is 28.0. The van der Waals surface area contributed by atoms with Gasteiger partial charge in [0, 0.05) is 7.11 Å². The minimum atomic E-state index is -1.01. The van der Waals surface area contributed by atoms with Gasteiger partial charge in [-0.15, -0.1) is 0 Å². The molecule has 0 spiro atoms. The molecule has 1 fully saturated rings. The molecule has 2 aromatic rings. The lowest BCUT2D eigenvalue weighted by molar-refractivity contribution is -0.0583. The molecule has 3 heterocycles. The molecular weight excluding hydrogens is 298 g/mol.